The summed E-state index contributed by atoms with van der Waals surface area (Å²) < 4.78 is 27.7. The third-order valence-corrected chi connectivity index (χ3v) is 6.70. The van der Waals surface area contributed by atoms with Gasteiger partial charge in [-0.05, 0) is 47.9 Å². The largest absolute Gasteiger partial charge is 0.322 e. The van der Waals surface area contributed by atoms with Crippen molar-refractivity contribution in [3.05, 3.63) is 95.6 Å². The van der Waals surface area contributed by atoms with Gasteiger partial charge in [-0.1, -0.05) is 48.5 Å². The second kappa shape index (κ2) is 7.58. The first-order chi connectivity index (χ1) is 13.5. The van der Waals surface area contributed by atoms with Gasteiger partial charge in [-0.3, -0.25) is 4.79 Å². The highest BCUT2D eigenvalue weighted by molar-refractivity contribution is 7.89. The zero-order valence-corrected chi connectivity index (χ0v) is 16.0. The SMILES string of the molecule is O=C(Nc1ccccc1)c1cccc(S(=O)(=O)N2CCc3ccccc3C2)c1. The second-order valence-corrected chi connectivity index (χ2v) is 8.64. The van der Waals surface area contributed by atoms with Crippen molar-refractivity contribution in [3.8, 4) is 0 Å². The van der Waals surface area contributed by atoms with Crippen molar-refractivity contribution in [2.45, 2.75) is 17.9 Å². The smallest absolute Gasteiger partial charge is 0.255 e. The number of carbonyl (C=O) groups is 1. The van der Waals surface area contributed by atoms with E-state index < -0.39 is 10.0 Å². The first kappa shape index (κ1) is 18.4. The number of amides is 1. The van der Waals surface area contributed by atoms with Crippen LogP contribution in [0.15, 0.2) is 83.8 Å². The van der Waals surface area contributed by atoms with Gasteiger partial charge in [0.25, 0.3) is 5.91 Å². The van der Waals surface area contributed by atoms with Crippen molar-refractivity contribution in [3.63, 3.8) is 0 Å². The van der Waals surface area contributed by atoms with E-state index in [-0.39, 0.29) is 10.8 Å². The molecule has 0 aromatic heterocycles. The molecule has 3 aromatic rings. The van der Waals surface area contributed by atoms with Crippen LogP contribution in [-0.4, -0.2) is 25.2 Å². The van der Waals surface area contributed by atoms with Gasteiger partial charge >= 0.3 is 0 Å². The molecule has 0 saturated carbocycles. The Balaban J connectivity index is 1.57. The maximum absolute atomic E-state index is 13.1. The Morgan fingerprint density at radius 3 is 2.36 bits per heavy atom. The van der Waals surface area contributed by atoms with E-state index in [4.69, 9.17) is 0 Å². The number of nitrogens with zero attached hydrogens (tertiary/aromatic N) is 1. The number of hydrogen-bond acceptors (Lipinski definition) is 3. The molecule has 0 atom stereocenters. The minimum atomic E-state index is -3.68. The maximum atomic E-state index is 13.1. The summed E-state index contributed by atoms with van der Waals surface area (Å²) in [5.41, 5.74) is 3.18. The molecule has 1 N–H and O–H groups in total. The van der Waals surface area contributed by atoms with Crippen molar-refractivity contribution < 1.29 is 13.2 Å². The van der Waals surface area contributed by atoms with Crippen molar-refractivity contribution in [1.29, 1.82) is 0 Å². The van der Waals surface area contributed by atoms with Crippen LogP contribution < -0.4 is 5.32 Å². The van der Waals surface area contributed by atoms with Crippen LogP contribution in [0, 0.1) is 0 Å². The van der Waals surface area contributed by atoms with E-state index in [0.717, 1.165) is 5.56 Å². The Labute approximate surface area is 164 Å². The highest BCUT2D eigenvalue weighted by Gasteiger charge is 2.28. The number of fused-ring (bicyclic) bond motifs is 1. The summed E-state index contributed by atoms with van der Waals surface area (Å²) in [5, 5.41) is 2.78. The van der Waals surface area contributed by atoms with Crippen LogP contribution in [0.5, 0.6) is 0 Å². The minimum absolute atomic E-state index is 0.132. The van der Waals surface area contributed by atoms with Gasteiger partial charge in [0.15, 0.2) is 0 Å². The highest BCUT2D eigenvalue weighted by Crippen LogP contribution is 2.25. The molecule has 0 aliphatic carbocycles. The lowest BCUT2D eigenvalue weighted by molar-refractivity contribution is 0.102. The number of para-hydroxylation sites is 1. The Kier molecular flexibility index (Phi) is 4.98. The van der Waals surface area contributed by atoms with E-state index in [0.29, 0.717) is 30.8 Å². The molecule has 0 radical (unpaired) electrons. The fraction of sp³-hybridized carbons (Fsp3) is 0.136. The van der Waals surface area contributed by atoms with Gasteiger partial charge in [-0.2, -0.15) is 4.31 Å². The summed E-state index contributed by atoms with van der Waals surface area (Å²) in [6, 6.07) is 23.1. The summed E-state index contributed by atoms with van der Waals surface area (Å²) in [7, 11) is -3.68. The average molecular weight is 392 g/mol. The number of rotatable bonds is 4. The lowest BCUT2D eigenvalue weighted by Crippen LogP contribution is -2.36. The predicted molar refractivity (Wildman–Crippen MR) is 109 cm³/mol. The first-order valence-corrected chi connectivity index (χ1v) is 10.5. The molecule has 1 aliphatic rings. The van der Waals surface area contributed by atoms with Crippen LogP contribution >= 0.6 is 0 Å². The van der Waals surface area contributed by atoms with Gasteiger partial charge < -0.3 is 5.32 Å². The summed E-state index contributed by atoms with van der Waals surface area (Å²) in [5.74, 6) is -0.341. The van der Waals surface area contributed by atoms with Crippen LogP contribution in [0.2, 0.25) is 0 Å². The van der Waals surface area contributed by atoms with Crippen LogP contribution in [0.25, 0.3) is 0 Å². The Hall–Kier alpha value is -2.96. The van der Waals surface area contributed by atoms with Crippen LogP contribution in [-0.2, 0) is 23.0 Å². The molecule has 0 fully saturated rings. The van der Waals surface area contributed by atoms with E-state index in [9.17, 15) is 13.2 Å². The maximum Gasteiger partial charge on any atom is 0.255 e. The van der Waals surface area contributed by atoms with Crippen LogP contribution in [0.3, 0.4) is 0 Å². The predicted octanol–water partition coefficient (Wildman–Crippen LogP) is 3.69. The van der Waals surface area contributed by atoms with Crippen LogP contribution in [0.4, 0.5) is 5.69 Å². The molecule has 142 valence electrons. The lowest BCUT2D eigenvalue weighted by atomic mass is 10.0. The molecular weight excluding hydrogens is 372 g/mol. The zero-order valence-electron chi connectivity index (χ0n) is 15.2. The van der Waals surface area contributed by atoms with Crippen molar-refractivity contribution in [1.82, 2.24) is 4.31 Å². The number of benzene rings is 3. The van der Waals surface area contributed by atoms with Gasteiger partial charge in [0, 0.05) is 24.3 Å². The normalized spacial score (nSPS) is 14.3. The van der Waals surface area contributed by atoms with E-state index in [1.54, 1.807) is 24.3 Å². The molecule has 1 heterocycles. The molecule has 0 saturated heterocycles. The van der Waals surface area contributed by atoms with Gasteiger partial charge in [-0.15, -0.1) is 0 Å². The van der Waals surface area contributed by atoms with E-state index >= 15 is 0 Å². The molecule has 0 spiro atoms. The van der Waals surface area contributed by atoms with E-state index in [1.807, 2.05) is 42.5 Å². The minimum Gasteiger partial charge on any atom is -0.322 e. The molecule has 3 aromatic carbocycles. The fourth-order valence-corrected chi connectivity index (χ4v) is 4.81. The Morgan fingerprint density at radius 1 is 0.857 bits per heavy atom. The third kappa shape index (κ3) is 3.69. The molecular formula is C22H20N2O3S. The molecule has 0 unspecified atom stereocenters. The van der Waals surface area contributed by atoms with Crippen LogP contribution in [0.1, 0.15) is 21.5 Å². The van der Waals surface area contributed by atoms with Gasteiger partial charge in [-0.25, -0.2) is 8.42 Å². The number of carbonyl (C=O) groups excluding carboxylic acids is 1. The first-order valence-electron chi connectivity index (χ1n) is 9.07. The average Bonchev–Trinajstić information content (AvgIpc) is 2.74. The molecule has 0 bridgehead atoms. The van der Waals surface area contributed by atoms with Gasteiger partial charge in [0.05, 0.1) is 4.90 Å². The standard InChI is InChI=1S/C22H20N2O3S/c25-22(23-20-10-2-1-3-11-20)18-9-6-12-21(15-18)28(26,27)24-14-13-17-7-4-5-8-19(17)16-24/h1-12,15H,13-14,16H2,(H,23,25). The molecule has 1 amide bonds. The molecule has 4 rings (SSSR count). The summed E-state index contributed by atoms with van der Waals surface area (Å²) >= 11 is 0. The molecule has 5 nitrogen and oxygen atoms in total. The quantitative estimate of drug-likeness (QED) is 0.736. The number of sulfonamides is 1. The molecule has 1 aliphatic heterocycles. The molecule has 28 heavy (non-hydrogen) atoms. The highest BCUT2D eigenvalue weighted by atomic mass is 32.2. The van der Waals surface area contributed by atoms with Crippen molar-refractivity contribution >= 4 is 21.6 Å². The molecule has 6 heteroatoms. The van der Waals surface area contributed by atoms with Gasteiger partial charge in [0.1, 0.15) is 0 Å². The second-order valence-electron chi connectivity index (χ2n) is 6.71. The third-order valence-electron chi connectivity index (χ3n) is 4.86. The zero-order chi connectivity index (χ0) is 19.6. The van der Waals surface area contributed by atoms with Crippen molar-refractivity contribution in [2.24, 2.45) is 0 Å². The number of anilines is 1. The fourth-order valence-electron chi connectivity index (χ4n) is 3.35. The van der Waals surface area contributed by atoms with E-state index in [1.165, 1.54) is 22.0 Å². The number of hydrogen-bond donors (Lipinski definition) is 1. The monoisotopic (exact) mass is 392 g/mol. The Bertz CT molecular complexity index is 1110. The Morgan fingerprint density at radius 2 is 1.57 bits per heavy atom. The summed E-state index contributed by atoms with van der Waals surface area (Å²) in [6.45, 7) is 0.777. The summed E-state index contributed by atoms with van der Waals surface area (Å²) in [6.07, 6.45) is 0.684. The summed E-state index contributed by atoms with van der Waals surface area (Å²) in [4.78, 5) is 12.6. The topological polar surface area (TPSA) is 66.5 Å². The number of nitrogens with one attached hydrogen (secondary N) is 1. The van der Waals surface area contributed by atoms with Gasteiger partial charge in [0.2, 0.25) is 10.0 Å². The van der Waals surface area contributed by atoms with Crippen molar-refractivity contribution in [2.75, 3.05) is 11.9 Å². The lowest BCUT2D eigenvalue weighted by Gasteiger charge is -2.28. The van der Waals surface area contributed by atoms with E-state index in [2.05, 4.69) is 5.32 Å².